The van der Waals surface area contributed by atoms with Gasteiger partial charge in [0.15, 0.2) is 6.23 Å². The Morgan fingerprint density at radius 3 is 2.76 bits per heavy atom. The Bertz CT molecular complexity index is 463. The van der Waals surface area contributed by atoms with Crippen molar-refractivity contribution in [3.8, 4) is 0 Å². The quantitative estimate of drug-likeness (QED) is 0.584. The maximum atomic E-state index is 11.5. The monoisotopic (exact) mass is 262 g/mol. The van der Waals surface area contributed by atoms with Gasteiger partial charge in [0.05, 0.1) is 6.61 Å². The minimum atomic E-state index is -2.70. The van der Waals surface area contributed by atoms with E-state index in [-0.39, 0.29) is 5.82 Å². The van der Waals surface area contributed by atoms with Crippen LogP contribution in [0.1, 0.15) is 6.23 Å². The molecule has 1 aromatic rings. The van der Waals surface area contributed by atoms with Crippen LogP contribution in [-0.2, 0) is 9.30 Å². The van der Waals surface area contributed by atoms with Crippen LogP contribution < -0.4 is 11.4 Å². The first kappa shape index (κ1) is 13.7. The van der Waals surface area contributed by atoms with Gasteiger partial charge in [0.2, 0.25) is 0 Å². The highest BCUT2D eigenvalue weighted by Crippen LogP contribution is 2.31. The van der Waals surface area contributed by atoms with E-state index in [1.165, 1.54) is 19.4 Å². The van der Waals surface area contributed by atoms with Crippen molar-refractivity contribution < 1.29 is 19.3 Å². The highest BCUT2D eigenvalue weighted by molar-refractivity contribution is 7.39. The lowest BCUT2D eigenvalue weighted by Gasteiger charge is -2.17. The summed E-state index contributed by atoms with van der Waals surface area (Å²) in [5.41, 5.74) is 3.49. The highest BCUT2D eigenvalue weighted by Gasteiger charge is 2.39. The zero-order valence-electron chi connectivity index (χ0n) is 9.05. The molecule has 0 radical (unpaired) electrons. The third kappa shape index (κ3) is 3.07. The number of ether oxygens (including phenoxy) is 1. The van der Waals surface area contributed by atoms with Gasteiger partial charge >= 0.3 is 13.7 Å². The van der Waals surface area contributed by atoms with E-state index < -0.39 is 32.2 Å². The van der Waals surface area contributed by atoms with Crippen LogP contribution in [-0.4, -0.2) is 38.9 Å². The number of nitrogens with two attached hydrogens (primary N) is 1. The zero-order valence-corrected chi connectivity index (χ0v) is 9.95. The molecule has 3 atom stereocenters. The first-order valence-corrected chi connectivity index (χ1v) is 5.93. The number of aromatic nitrogens is 2. The van der Waals surface area contributed by atoms with Gasteiger partial charge in [-0.3, -0.25) is 4.57 Å². The molecule has 4 N–H and O–H groups in total. The van der Waals surface area contributed by atoms with Gasteiger partial charge in [-0.2, -0.15) is 9.88 Å². The van der Waals surface area contributed by atoms with Gasteiger partial charge in [-0.1, -0.05) is 0 Å². The first-order valence-electron chi connectivity index (χ1n) is 4.64. The van der Waals surface area contributed by atoms with Crippen molar-refractivity contribution in [2.24, 2.45) is 0 Å². The van der Waals surface area contributed by atoms with Gasteiger partial charge in [-0.05, 0) is 10.6 Å². The summed E-state index contributed by atoms with van der Waals surface area (Å²) in [6.45, 7) is -0.596. The van der Waals surface area contributed by atoms with E-state index >= 15 is 0 Å². The number of aliphatic hydroxyl groups excluding tert-OH is 1. The largest absolute Gasteiger partial charge is 0.516 e. The summed E-state index contributed by atoms with van der Waals surface area (Å²) >= 11 is 0. The molecule has 3 unspecified atom stereocenters. The number of nitrogen functional groups attached to an aromatic ring is 1. The molecular weight excluding hydrogens is 249 g/mol. The molecule has 0 fully saturated rings. The number of rotatable bonds is 5. The van der Waals surface area contributed by atoms with Gasteiger partial charge in [-0.15, -0.1) is 0 Å². The second-order valence-corrected chi connectivity index (χ2v) is 4.49. The fourth-order valence-electron chi connectivity index (χ4n) is 1.34. The van der Waals surface area contributed by atoms with E-state index in [1.54, 1.807) is 0 Å². The van der Waals surface area contributed by atoms with E-state index in [4.69, 9.17) is 20.5 Å². The fraction of sp³-hybridized carbons (Fsp3) is 0.500. The van der Waals surface area contributed by atoms with E-state index in [0.29, 0.717) is 0 Å². The van der Waals surface area contributed by atoms with Crippen LogP contribution >= 0.6 is 8.03 Å². The summed E-state index contributed by atoms with van der Waals surface area (Å²) in [4.78, 5) is 24.0. The van der Waals surface area contributed by atoms with Crippen molar-refractivity contribution in [2.75, 3.05) is 19.5 Å². The molecule has 9 heteroatoms. The van der Waals surface area contributed by atoms with Gasteiger partial charge < -0.3 is 15.6 Å². The molecule has 0 aliphatic carbocycles. The summed E-state index contributed by atoms with van der Waals surface area (Å²) in [6, 6.07) is 1.35. The summed E-state index contributed by atoms with van der Waals surface area (Å²) in [5.74, 6) is 0.0371. The number of methoxy groups -OCH3 is 1. The Morgan fingerprint density at radius 2 is 2.35 bits per heavy atom. The highest BCUT2D eigenvalue weighted by atomic mass is 31.1. The predicted octanol–water partition coefficient (Wildman–Crippen LogP) is -0.934. The van der Waals surface area contributed by atoms with Gasteiger partial charge in [0, 0.05) is 13.3 Å². The number of anilines is 1. The lowest BCUT2D eigenvalue weighted by molar-refractivity contribution is 0.0216. The van der Waals surface area contributed by atoms with Crippen LogP contribution in [0.25, 0.3) is 0 Å². The Balaban J connectivity index is 3.17. The average Bonchev–Trinajstić information content (AvgIpc) is 2.26. The standard InChI is InChI=1S/C8H12N3O5P/c1-16-7(5(4-12)17(14)15)11-3-2-6(9)10-8(11)13/h2-3,5,7,12H,4H2,1H3,(H2-,9,10,13,14,15)/p+1. The average molecular weight is 262 g/mol. The Hall–Kier alpha value is -1.34. The molecule has 1 heterocycles. The van der Waals surface area contributed by atoms with E-state index in [9.17, 15) is 9.36 Å². The van der Waals surface area contributed by atoms with Crippen LogP contribution in [0.5, 0.6) is 0 Å². The van der Waals surface area contributed by atoms with Crippen molar-refractivity contribution in [2.45, 2.75) is 11.9 Å². The smallest absolute Gasteiger partial charge is 0.391 e. The van der Waals surface area contributed by atoms with E-state index in [1.807, 2.05) is 0 Å². The lowest BCUT2D eigenvalue weighted by atomic mass is 10.3. The first-order chi connectivity index (χ1) is 8.01. The molecule has 1 rings (SSSR count). The van der Waals surface area contributed by atoms with Crippen LogP contribution in [0.15, 0.2) is 17.1 Å². The summed E-state index contributed by atoms with van der Waals surface area (Å²) in [7, 11) is -1.44. The van der Waals surface area contributed by atoms with Crippen LogP contribution in [0.3, 0.4) is 0 Å². The number of nitrogens with zero attached hydrogens (tertiary/aromatic N) is 2. The minimum Gasteiger partial charge on any atom is -0.391 e. The molecule has 0 spiro atoms. The molecule has 0 aliphatic heterocycles. The number of hydrogen-bond donors (Lipinski definition) is 3. The molecule has 8 nitrogen and oxygen atoms in total. The van der Waals surface area contributed by atoms with Gasteiger partial charge in [-0.25, -0.2) is 4.79 Å². The van der Waals surface area contributed by atoms with Crippen LogP contribution in [0, 0.1) is 0 Å². The van der Waals surface area contributed by atoms with Crippen LogP contribution in [0.4, 0.5) is 5.82 Å². The Labute approximate surface area is 97.5 Å². The SMILES string of the molecule is COC(C(CO)[P+](=O)O)n1ccc(N)nc1=O. The third-order valence-corrected chi connectivity index (χ3v) is 3.15. The van der Waals surface area contributed by atoms with Crippen molar-refractivity contribution in [1.29, 1.82) is 0 Å². The number of hydrogen-bond acceptors (Lipinski definition) is 6. The molecule has 0 aromatic carbocycles. The number of aliphatic hydroxyl groups is 1. The third-order valence-electron chi connectivity index (χ3n) is 2.17. The van der Waals surface area contributed by atoms with Crippen molar-refractivity contribution in [3.05, 3.63) is 22.7 Å². The predicted molar refractivity (Wildman–Crippen MR) is 59.7 cm³/mol. The molecule has 0 saturated carbocycles. The molecule has 17 heavy (non-hydrogen) atoms. The Kier molecular flexibility index (Phi) is 4.71. The summed E-state index contributed by atoms with van der Waals surface area (Å²) < 4.78 is 17.0. The van der Waals surface area contributed by atoms with Crippen molar-refractivity contribution in [1.82, 2.24) is 9.55 Å². The minimum absolute atomic E-state index is 0.0371. The van der Waals surface area contributed by atoms with Crippen molar-refractivity contribution in [3.63, 3.8) is 0 Å². The second kappa shape index (κ2) is 5.83. The van der Waals surface area contributed by atoms with Gasteiger partial charge in [0.25, 0.3) is 5.66 Å². The summed E-state index contributed by atoms with van der Waals surface area (Å²) in [6.07, 6.45) is 0.217. The molecular formula is C8H13N3O5P+. The van der Waals surface area contributed by atoms with Crippen LogP contribution in [0.2, 0.25) is 0 Å². The molecule has 0 aliphatic rings. The van der Waals surface area contributed by atoms with E-state index in [0.717, 1.165) is 4.57 Å². The van der Waals surface area contributed by atoms with Gasteiger partial charge in [0.1, 0.15) is 5.82 Å². The molecule has 0 bridgehead atoms. The normalized spacial score (nSPS) is 15.4. The zero-order chi connectivity index (χ0) is 13.0. The molecule has 0 amide bonds. The fourth-order valence-corrected chi connectivity index (χ4v) is 1.97. The lowest BCUT2D eigenvalue weighted by Crippen LogP contribution is -2.35. The maximum absolute atomic E-state index is 11.5. The molecule has 94 valence electrons. The Morgan fingerprint density at radius 1 is 1.71 bits per heavy atom. The molecule has 0 saturated heterocycles. The van der Waals surface area contributed by atoms with E-state index in [2.05, 4.69) is 4.98 Å². The molecule has 1 aromatic heterocycles. The van der Waals surface area contributed by atoms with Crippen molar-refractivity contribution >= 4 is 13.8 Å². The topological polar surface area (TPSA) is 128 Å². The second-order valence-electron chi connectivity index (χ2n) is 3.22. The summed E-state index contributed by atoms with van der Waals surface area (Å²) in [5, 5.41) is 9.02. The maximum Gasteiger partial charge on any atom is 0.516 e.